The summed E-state index contributed by atoms with van der Waals surface area (Å²) in [5.74, 6) is 1.49. The number of nitrogens with zero attached hydrogens (tertiary/aromatic N) is 5. The smallest absolute Gasteiger partial charge is 0.260 e. The largest absolute Gasteiger partial charge is 0.493 e. The molecule has 3 amide bonds. The predicted molar refractivity (Wildman–Crippen MR) is 282 cm³/mol. The molecule has 0 unspecified atom stereocenters. The highest BCUT2D eigenvalue weighted by atomic mass is 16.5. The molecule has 17 heteroatoms. The summed E-state index contributed by atoms with van der Waals surface area (Å²) in [6.07, 6.45) is 3.89. The second-order valence-corrected chi connectivity index (χ2v) is 18.5. The summed E-state index contributed by atoms with van der Waals surface area (Å²) in [4.78, 5) is 49.3. The number of hydrazone groups is 1. The van der Waals surface area contributed by atoms with E-state index in [0.717, 1.165) is 57.8 Å². The molecule has 5 aromatic carbocycles. The molecule has 0 spiro atoms. The van der Waals surface area contributed by atoms with Gasteiger partial charge in [0.15, 0.2) is 23.0 Å². The Balaban J connectivity index is 0.997. The second kappa shape index (κ2) is 23.5. The van der Waals surface area contributed by atoms with Crippen LogP contribution in [0, 0.1) is 0 Å². The van der Waals surface area contributed by atoms with Crippen molar-refractivity contribution < 1.29 is 47.5 Å². The number of fused-ring (bicyclic) bond motifs is 8. The van der Waals surface area contributed by atoms with Gasteiger partial charge in [-0.1, -0.05) is 36.4 Å². The lowest BCUT2D eigenvalue weighted by Crippen LogP contribution is -2.41. The second-order valence-electron chi connectivity index (χ2n) is 18.5. The number of hydrogen-bond acceptors (Lipinski definition) is 14. The number of para-hydroxylation sites is 2. The summed E-state index contributed by atoms with van der Waals surface area (Å²) in [5, 5.41) is 7.44. The van der Waals surface area contributed by atoms with E-state index in [2.05, 4.69) is 49.9 Å². The quantitative estimate of drug-likeness (QED) is 0.0382. The number of rotatable bonds is 23. The number of nitrogens with one attached hydrogen (secondary N) is 2. The Labute approximate surface area is 426 Å². The van der Waals surface area contributed by atoms with Gasteiger partial charge < -0.3 is 58.1 Å². The number of hydrogen-bond donors (Lipinski definition) is 2. The highest BCUT2D eigenvalue weighted by Gasteiger charge is 2.40. The molecule has 0 fully saturated rings. The molecular weight excluding hydrogens is 931 g/mol. The molecule has 2 N–H and O–H groups in total. The summed E-state index contributed by atoms with van der Waals surface area (Å²) in [7, 11) is 6.79. The van der Waals surface area contributed by atoms with E-state index in [-0.39, 0.29) is 49.4 Å². The van der Waals surface area contributed by atoms with Crippen LogP contribution in [0.3, 0.4) is 0 Å². The third kappa shape index (κ3) is 11.3. The van der Waals surface area contributed by atoms with Crippen LogP contribution in [0.2, 0.25) is 0 Å². The van der Waals surface area contributed by atoms with Crippen LogP contribution in [0.25, 0.3) is 0 Å². The van der Waals surface area contributed by atoms with Gasteiger partial charge >= 0.3 is 0 Å². The van der Waals surface area contributed by atoms with Crippen LogP contribution in [-0.2, 0) is 45.1 Å². The van der Waals surface area contributed by atoms with Gasteiger partial charge in [-0.15, -0.1) is 0 Å². The third-order valence-electron chi connectivity index (χ3n) is 13.7. The van der Waals surface area contributed by atoms with Crippen molar-refractivity contribution in [1.82, 2.24) is 5.43 Å². The summed E-state index contributed by atoms with van der Waals surface area (Å²) in [6.45, 7) is 6.53. The Morgan fingerprint density at radius 2 is 1.32 bits per heavy atom. The van der Waals surface area contributed by atoms with E-state index in [4.69, 9.17) is 33.2 Å². The van der Waals surface area contributed by atoms with Gasteiger partial charge in [0.2, 0.25) is 5.91 Å². The van der Waals surface area contributed by atoms with E-state index in [1.54, 1.807) is 40.4 Å². The fourth-order valence-corrected chi connectivity index (χ4v) is 10.2. The minimum Gasteiger partial charge on any atom is -0.493 e. The number of likely N-dealkylation sites (N-methyl/N-ethyl adjacent to an activating group) is 1. The first-order valence-electron chi connectivity index (χ1n) is 24.9. The molecule has 384 valence electrons. The first-order valence-corrected chi connectivity index (χ1v) is 24.9. The van der Waals surface area contributed by atoms with E-state index in [0.29, 0.717) is 105 Å². The highest BCUT2D eigenvalue weighted by Crippen LogP contribution is 2.43. The first kappa shape index (κ1) is 50.6. The third-order valence-corrected chi connectivity index (χ3v) is 13.7. The topological polar surface area (TPSA) is 165 Å². The Bertz CT molecular complexity index is 2820. The monoisotopic (exact) mass is 995 g/mol. The van der Waals surface area contributed by atoms with Crippen LogP contribution in [0.5, 0.6) is 23.0 Å². The fourth-order valence-electron chi connectivity index (χ4n) is 10.2. The predicted octanol–water partition coefficient (Wildman–Crippen LogP) is 7.27. The van der Waals surface area contributed by atoms with E-state index >= 15 is 0 Å². The molecule has 0 saturated carbocycles. The maximum Gasteiger partial charge on any atom is 0.260 e. The molecule has 0 aliphatic carbocycles. The van der Waals surface area contributed by atoms with Gasteiger partial charge in [0.05, 0.1) is 81.8 Å². The van der Waals surface area contributed by atoms with Crippen molar-refractivity contribution >= 4 is 52.4 Å². The zero-order valence-electron chi connectivity index (χ0n) is 42.3. The molecule has 0 saturated heterocycles. The molecular formula is C56H65N7O10. The molecule has 2 atom stereocenters. The van der Waals surface area contributed by atoms with Crippen LogP contribution in [-0.4, -0.2) is 124 Å². The number of anilines is 5. The first-order chi connectivity index (χ1) is 35.7. The average Bonchev–Trinajstić information content (AvgIpc) is 3.91. The van der Waals surface area contributed by atoms with Gasteiger partial charge in [-0.3, -0.25) is 14.4 Å². The van der Waals surface area contributed by atoms with Gasteiger partial charge in [-0.2, -0.15) is 5.10 Å². The minimum absolute atomic E-state index is 0.0109. The zero-order valence-corrected chi connectivity index (χ0v) is 42.3. The average molecular weight is 996 g/mol. The van der Waals surface area contributed by atoms with Crippen LogP contribution in [0.4, 0.5) is 28.4 Å². The van der Waals surface area contributed by atoms with Crippen molar-refractivity contribution in [1.29, 1.82) is 0 Å². The van der Waals surface area contributed by atoms with Crippen molar-refractivity contribution in [2.45, 2.75) is 57.9 Å². The Morgan fingerprint density at radius 3 is 1.99 bits per heavy atom. The van der Waals surface area contributed by atoms with Gasteiger partial charge in [0.25, 0.3) is 11.8 Å². The van der Waals surface area contributed by atoms with Crippen molar-refractivity contribution in [2.75, 3.05) is 113 Å². The van der Waals surface area contributed by atoms with Crippen molar-refractivity contribution in [3.05, 3.63) is 124 Å². The molecule has 0 bridgehead atoms. The van der Waals surface area contributed by atoms with E-state index < -0.39 is 0 Å². The highest BCUT2D eigenvalue weighted by molar-refractivity contribution is 6.13. The summed E-state index contributed by atoms with van der Waals surface area (Å²) in [5.41, 5.74) is 11.8. The molecule has 4 aliphatic heterocycles. The number of carbonyl (C=O) groups excluding carboxylic acids is 3. The molecule has 5 aromatic rings. The van der Waals surface area contributed by atoms with Gasteiger partial charge in [0, 0.05) is 82.2 Å². The van der Waals surface area contributed by atoms with E-state index in [1.807, 2.05) is 71.4 Å². The van der Waals surface area contributed by atoms with Gasteiger partial charge in [-0.05, 0) is 90.9 Å². The standard InChI is InChI=1S/C56H65N7O10/c1-6-58-59-54(64)16-11-17-61(18-19-70-22-23-71-21-20-67-3)41-25-37(35-72-52-31-46-44(29-50(52)68-4)55(65)62-42(33-57-46)27-39-12-7-9-14-47(39)62)24-38(26-41)36-73-53-32-49-45(30-51(53)69-5)56(66)63-43(34-60(49)2)28-40-13-8-10-15-48(40)63/h6-10,12-15,24-26,29-32,42-43,57H,11,16-23,27-28,33-36H2,1-5H3,(H,59,64)/t42-,43-/m0/s1. The van der Waals surface area contributed by atoms with Crippen LogP contribution in [0.1, 0.15) is 62.7 Å². The summed E-state index contributed by atoms with van der Waals surface area (Å²) in [6, 6.07) is 29.6. The molecule has 9 rings (SSSR count). The lowest BCUT2D eigenvalue weighted by Gasteiger charge is -2.26. The number of amides is 3. The fraction of sp³-hybridized carbons (Fsp3) is 0.393. The van der Waals surface area contributed by atoms with Crippen LogP contribution < -0.4 is 49.3 Å². The van der Waals surface area contributed by atoms with E-state index in [1.165, 1.54) is 6.21 Å². The van der Waals surface area contributed by atoms with Gasteiger partial charge in [0.1, 0.15) is 13.2 Å². The van der Waals surface area contributed by atoms with Crippen LogP contribution in [0.15, 0.2) is 96.1 Å². The minimum atomic E-state index is -0.179. The molecule has 0 aromatic heterocycles. The van der Waals surface area contributed by atoms with E-state index in [9.17, 15) is 14.4 Å². The Hall–Kier alpha value is -7.34. The maximum absolute atomic E-state index is 14.3. The zero-order chi connectivity index (χ0) is 50.8. The van der Waals surface area contributed by atoms with Crippen LogP contribution >= 0.6 is 0 Å². The van der Waals surface area contributed by atoms with Crippen molar-refractivity contribution in [3.63, 3.8) is 0 Å². The Kier molecular flexibility index (Phi) is 16.3. The molecule has 4 aliphatic rings. The van der Waals surface area contributed by atoms with Crippen molar-refractivity contribution in [3.8, 4) is 23.0 Å². The molecule has 17 nitrogen and oxygen atoms in total. The normalized spacial score (nSPS) is 16.4. The molecule has 4 heterocycles. The molecule has 73 heavy (non-hydrogen) atoms. The number of carbonyl (C=O) groups is 3. The SMILES string of the molecule is CC=NNC(=O)CCCN(CCOCCOCCOC)c1cc(COc2cc3c(cc2OC)C(=O)N2c4ccccc4C[C@H]2CN3)cc(COc2cc3c(cc2OC)C(=O)N2c4ccccc4C[C@H]2CN3C)c1. The lowest BCUT2D eigenvalue weighted by atomic mass is 10.1. The number of benzene rings is 5. The maximum atomic E-state index is 14.3. The van der Waals surface area contributed by atoms with Crippen molar-refractivity contribution in [2.24, 2.45) is 5.10 Å². The van der Waals surface area contributed by atoms with Gasteiger partial charge in [-0.25, -0.2) is 5.43 Å². The summed E-state index contributed by atoms with van der Waals surface area (Å²) < 4.78 is 41.8. The lowest BCUT2D eigenvalue weighted by molar-refractivity contribution is -0.121. The number of methoxy groups -OCH3 is 3. The number of ether oxygens (including phenoxy) is 7. The Morgan fingerprint density at radius 1 is 0.712 bits per heavy atom. The summed E-state index contributed by atoms with van der Waals surface area (Å²) >= 11 is 0. The molecule has 0 radical (unpaired) electrons.